The van der Waals surface area contributed by atoms with Crippen molar-refractivity contribution < 1.29 is 9.59 Å². The average Bonchev–Trinajstić information content (AvgIpc) is 2.60. The number of benzene rings is 2. The lowest BCUT2D eigenvalue weighted by Gasteiger charge is -2.22. The summed E-state index contributed by atoms with van der Waals surface area (Å²) in [5.74, 6) is -0.825. The summed E-state index contributed by atoms with van der Waals surface area (Å²) < 4.78 is 0. The van der Waals surface area contributed by atoms with E-state index in [4.69, 9.17) is 0 Å². The summed E-state index contributed by atoms with van der Waals surface area (Å²) in [6.45, 7) is 0. The van der Waals surface area contributed by atoms with Crippen molar-refractivity contribution >= 4 is 28.8 Å². The third-order valence-electron chi connectivity index (χ3n) is 3.78. The molecule has 2 aromatic carbocycles. The van der Waals surface area contributed by atoms with E-state index in [1.54, 1.807) is 48.8 Å². The highest BCUT2D eigenvalue weighted by Gasteiger charge is 2.32. The molecule has 3 aromatic rings. The van der Waals surface area contributed by atoms with Crippen LogP contribution in [0.4, 0.5) is 0 Å². The van der Waals surface area contributed by atoms with Crippen molar-refractivity contribution in [2.45, 2.75) is 0 Å². The van der Waals surface area contributed by atoms with E-state index in [0.29, 0.717) is 16.5 Å². The SMILES string of the molecule is O=C1c2cccc3cccc(c23)C(=O)N1/N=C\c1ccncc1. The molecule has 1 aromatic heterocycles. The fourth-order valence-corrected chi connectivity index (χ4v) is 2.70. The predicted molar refractivity (Wildman–Crippen MR) is 86.3 cm³/mol. The number of carbonyl (C=O) groups excluding carboxylic acids is 2. The van der Waals surface area contributed by atoms with Crippen LogP contribution < -0.4 is 0 Å². The molecule has 0 aliphatic carbocycles. The van der Waals surface area contributed by atoms with E-state index in [0.717, 1.165) is 16.0 Å². The summed E-state index contributed by atoms with van der Waals surface area (Å²) in [4.78, 5) is 29.1. The number of amides is 2. The molecular weight excluding hydrogens is 290 g/mol. The van der Waals surface area contributed by atoms with Crippen molar-refractivity contribution in [3.8, 4) is 0 Å². The molecule has 0 saturated carbocycles. The quantitative estimate of drug-likeness (QED) is 0.540. The predicted octanol–water partition coefficient (Wildman–Crippen LogP) is 2.86. The summed E-state index contributed by atoms with van der Waals surface area (Å²) in [6, 6.07) is 14.3. The van der Waals surface area contributed by atoms with Gasteiger partial charge < -0.3 is 0 Å². The van der Waals surface area contributed by atoms with E-state index in [-0.39, 0.29) is 0 Å². The Labute approximate surface area is 131 Å². The Hall–Kier alpha value is -3.34. The van der Waals surface area contributed by atoms with Crippen LogP contribution in [0.3, 0.4) is 0 Å². The van der Waals surface area contributed by atoms with Gasteiger partial charge in [0.2, 0.25) is 0 Å². The van der Waals surface area contributed by atoms with Gasteiger partial charge in [0.1, 0.15) is 0 Å². The summed E-state index contributed by atoms with van der Waals surface area (Å²) >= 11 is 0. The summed E-state index contributed by atoms with van der Waals surface area (Å²) in [7, 11) is 0. The highest BCUT2D eigenvalue weighted by atomic mass is 16.2. The molecule has 4 rings (SSSR count). The maximum atomic E-state index is 12.6. The zero-order valence-electron chi connectivity index (χ0n) is 12.0. The van der Waals surface area contributed by atoms with Gasteiger partial charge in [0.05, 0.1) is 17.3 Å². The maximum absolute atomic E-state index is 12.6. The molecule has 0 bridgehead atoms. The number of hydrogen-bond donors (Lipinski definition) is 0. The van der Waals surface area contributed by atoms with Gasteiger partial charge in [-0.2, -0.15) is 10.1 Å². The van der Waals surface area contributed by atoms with Gasteiger partial charge in [0.25, 0.3) is 11.8 Å². The molecule has 2 amide bonds. The number of imide groups is 1. The molecular formula is C18H11N3O2. The van der Waals surface area contributed by atoms with Crippen molar-refractivity contribution in [2.75, 3.05) is 0 Å². The summed E-state index contributed by atoms with van der Waals surface area (Å²) in [5, 5.41) is 6.57. The van der Waals surface area contributed by atoms with Gasteiger partial charge >= 0.3 is 0 Å². The van der Waals surface area contributed by atoms with E-state index in [9.17, 15) is 9.59 Å². The largest absolute Gasteiger partial charge is 0.282 e. The third-order valence-corrected chi connectivity index (χ3v) is 3.78. The second-order valence-electron chi connectivity index (χ2n) is 5.16. The smallest absolute Gasteiger partial charge is 0.267 e. The topological polar surface area (TPSA) is 62.6 Å². The lowest BCUT2D eigenvalue weighted by atomic mass is 9.95. The van der Waals surface area contributed by atoms with Crippen LogP contribution in [0, 0.1) is 0 Å². The molecule has 0 fully saturated rings. The lowest BCUT2D eigenvalue weighted by Crippen LogP contribution is -2.36. The second kappa shape index (κ2) is 5.14. The van der Waals surface area contributed by atoms with Crippen molar-refractivity contribution in [1.29, 1.82) is 0 Å². The molecule has 110 valence electrons. The van der Waals surface area contributed by atoms with Crippen LogP contribution in [0.1, 0.15) is 26.3 Å². The number of hydrogen-bond acceptors (Lipinski definition) is 4. The number of aromatic nitrogens is 1. The molecule has 5 heteroatoms. The highest BCUT2D eigenvalue weighted by Crippen LogP contribution is 2.29. The number of pyridine rings is 1. The number of hydrazone groups is 1. The normalized spacial score (nSPS) is 14.0. The molecule has 23 heavy (non-hydrogen) atoms. The van der Waals surface area contributed by atoms with Gasteiger partial charge in [-0.15, -0.1) is 0 Å². The molecule has 0 spiro atoms. The molecule has 0 saturated heterocycles. The monoisotopic (exact) mass is 301 g/mol. The molecule has 1 aliphatic heterocycles. The van der Waals surface area contributed by atoms with Gasteiger partial charge in [0.15, 0.2) is 0 Å². The molecule has 0 radical (unpaired) electrons. The van der Waals surface area contributed by atoms with Crippen LogP contribution in [0.25, 0.3) is 10.8 Å². The van der Waals surface area contributed by atoms with E-state index >= 15 is 0 Å². The Bertz CT molecular complexity index is 914. The van der Waals surface area contributed by atoms with Crippen molar-refractivity contribution in [3.63, 3.8) is 0 Å². The van der Waals surface area contributed by atoms with Gasteiger partial charge in [-0.3, -0.25) is 14.6 Å². The van der Waals surface area contributed by atoms with Crippen LogP contribution >= 0.6 is 0 Å². The summed E-state index contributed by atoms with van der Waals surface area (Å²) in [5.41, 5.74) is 1.74. The zero-order valence-corrected chi connectivity index (χ0v) is 12.0. The minimum atomic E-state index is -0.412. The Balaban J connectivity index is 1.82. The lowest BCUT2D eigenvalue weighted by molar-refractivity contribution is 0.0616. The minimum absolute atomic E-state index is 0.412. The Kier molecular flexibility index (Phi) is 2.98. The number of carbonyl (C=O) groups is 2. The molecule has 0 unspecified atom stereocenters. The van der Waals surface area contributed by atoms with Crippen molar-refractivity contribution in [1.82, 2.24) is 9.99 Å². The third kappa shape index (κ3) is 2.10. The Morgan fingerprint density at radius 2 is 1.48 bits per heavy atom. The second-order valence-corrected chi connectivity index (χ2v) is 5.16. The Morgan fingerprint density at radius 1 is 0.870 bits per heavy atom. The van der Waals surface area contributed by atoms with Crippen molar-refractivity contribution in [3.05, 3.63) is 77.6 Å². The molecule has 5 nitrogen and oxygen atoms in total. The maximum Gasteiger partial charge on any atom is 0.282 e. The Morgan fingerprint density at radius 3 is 2.09 bits per heavy atom. The standard InChI is InChI=1S/C18H11N3O2/c22-17-14-5-1-3-13-4-2-6-15(16(13)14)18(23)21(17)20-11-12-7-9-19-10-8-12/h1-11H/b20-11-. The molecule has 0 N–H and O–H groups in total. The summed E-state index contributed by atoms with van der Waals surface area (Å²) in [6.07, 6.45) is 4.72. The van der Waals surface area contributed by atoms with Gasteiger partial charge in [0, 0.05) is 17.8 Å². The van der Waals surface area contributed by atoms with Gasteiger partial charge in [-0.25, -0.2) is 0 Å². The first-order valence-corrected chi connectivity index (χ1v) is 7.10. The first kappa shape index (κ1) is 13.3. The van der Waals surface area contributed by atoms with E-state index < -0.39 is 11.8 Å². The van der Waals surface area contributed by atoms with Gasteiger partial charge in [-0.05, 0) is 35.2 Å². The van der Waals surface area contributed by atoms with Crippen LogP contribution in [-0.4, -0.2) is 28.0 Å². The van der Waals surface area contributed by atoms with Crippen LogP contribution in [0.2, 0.25) is 0 Å². The molecule has 2 heterocycles. The average molecular weight is 301 g/mol. The minimum Gasteiger partial charge on any atom is -0.267 e. The molecule has 0 atom stereocenters. The van der Waals surface area contributed by atoms with Crippen LogP contribution in [-0.2, 0) is 0 Å². The van der Waals surface area contributed by atoms with Crippen molar-refractivity contribution in [2.24, 2.45) is 5.10 Å². The highest BCUT2D eigenvalue weighted by molar-refractivity contribution is 6.25. The number of nitrogens with zero attached hydrogens (tertiary/aromatic N) is 3. The molecule has 1 aliphatic rings. The fraction of sp³-hybridized carbons (Fsp3) is 0. The van der Waals surface area contributed by atoms with Crippen LogP contribution in [0.5, 0.6) is 0 Å². The van der Waals surface area contributed by atoms with Gasteiger partial charge in [-0.1, -0.05) is 24.3 Å². The zero-order chi connectivity index (χ0) is 15.8. The van der Waals surface area contributed by atoms with E-state index in [2.05, 4.69) is 10.1 Å². The number of rotatable bonds is 2. The van der Waals surface area contributed by atoms with E-state index in [1.807, 2.05) is 12.1 Å². The van der Waals surface area contributed by atoms with Crippen LogP contribution in [0.15, 0.2) is 66.0 Å². The first-order valence-electron chi connectivity index (χ1n) is 7.10. The fourth-order valence-electron chi connectivity index (χ4n) is 2.70. The first-order chi connectivity index (χ1) is 11.3. The van der Waals surface area contributed by atoms with E-state index in [1.165, 1.54) is 6.21 Å².